The Balaban J connectivity index is 2.12. The number of nitrogens with zero attached hydrogens (tertiary/aromatic N) is 2. The molecule has 1 aromatic rings. The molecule has 1 aromatic carbocycles. The molecule has 1 aliphatic rings. The van der Waals surface area contributed by atoms with E-state index in [0.717, 1.165) is 31.5 Å². The number of benzene rings is 1. The van der Waals surface area contributed by atoms with E-state index in [1.54, 1.807) is 19.2 Å². The molecule has 0 unspecified atom stereocenters. The maximum Gasteiger partial charge on any atom is 0.344 e. The fraction of sp³-hybridized carbons (Fsp3) is 0.533. The molecule has 1 fully saturated rings. The van der Waals surface area contributed by atoms with Crippen molar-refractivity contribution in [2.45, 2.75) is 25.5 Å². The summed E-state index contributed by atoms with van der Waals surface area (Å²) in [7, 11) is 2.94. The van der Waals surface area contributed by atoms with Crippen molar-refractivity contribution in [2.24, 2.45) is 0 Å². The molecule has 0 radical (unpaired) electrons. The van der Waals surface area contributed by atoms with Crippen LogP contribution in [0.15, 0.2) is 18.2 Å². The van der Waals surface area contributed by atoms with E-state index >= 15 is 0 Å². The van der Waals surface area contributed by atoms with Crippen LogP contribution < -0.4 is 0 Å². The molecule has 0 spiro atoms. The number of rotatable bonds is 5. The summed E-state index contributed by atoms with van der Waals surface area (Å²) in [4.78, 5) is 24.4. The number of carbonyl (C=O) groups is 1. The van der Waals surface area contributed by atoms with E-state index in [1.807, 2.05) is 0 Å². The Morgan fingerprint density at radius 3 is 2.59 bits per heavy atom. The Bertz CT molecular complexity index is 553. The molecule has 7 nitrogen and oxygen atoms in total. The molecule has 0 bridgehead atoms. The number of nitro groups is 1. The quantitative estimate of drug-likeness (QED) is 0.470. The Hall–Kier alpha value is -1.99. The van der Waals surface area contributed by atoms with Crippen LogP contribution in [0.25, 0.3) is 0 Å². The number of hydrogen-bond acceptors (Lipinski definition) is 6. The zero-order valence-corrected chi connectivity index (χ0v) is 12.8. The van der Waals surface area contributed by atoms with Gasteiger partial charge in [0.25, 0.3) is 5.69 Å². The van der Waals surface area contributed by atoms with Gasteiger partial charge < -0.3 is 9.47 Å². The number of piperidine rings is 1. The molecule has 2 rings (SSSR count). The van der Waals surface area contributed by atoms with Crippen molar-refractivity contribution in [1.82, 2.24) is 4.90 Å². The second kappa shape index (κ2) is 7.33. The number of nitro benzene ring substituents is 1. The minimum absolute atomic E-state index is 0.00298. The molecule has 0 amide bonds. The van der Waals surface area contributed by atoms with Gasteiger partial charge in [0.1, 0.15) is 5.56 Å². The van der Waals surface area contributed by atoms with Crippen molar-refractivity contribution >= 4 is 11.7 Å². The monoisotopic (exact) mass is 308 g/mol. The largest absolute Gasteiger partial charge is 0.465 e. The second-order valence-corrected chi connectivity index (χ2v) is 5.31. The standard InChI is InChI=1S/C15H20N2O5/c1-21-12-5-7-16(8-6-12)10-11-3-4-14(17(19)20)13(9-11)15(18)22-2/h3-4,9,12H,5-8,10H2,1-2H3. The van der Waals surface area contributed by atoms with Gasteiger partial charge in [-0.15, -0.1) is 0 Å². The lowest BCUT2D eigenvalue weighted by atomic mass is 10.0. The van der Waals surface area contributed by atoms with Crippen LogP contribution in [0.1, 0.15) is 28.8 Å². The summed E-state index contributed by atoms with van der Waals surface area (Å²) in [6.07, 6.45) is 2.24. The van der Waals surface area contributed by atoms with Crippen LogP contribution in [0.2, 0.25) is 0 Å². The molecule has 0 saturated carbocycles. The Morgan fingerprint density at radius 1 is 1.36 bits per heavy atom. The zero-order valence-electron chi connectivity index (χ0n) is 12.8. The molecule has 7 heteroatoms. The first-order valence-corrected chi connectivity index (χ1v) is 7.16. The normalized spacial score (nSPS) is 16.5. The van der Waals surface area contributed by atoms with Crippen molar-refractivity contribution in [3.05, 3.63) is 39.4 Å². The lowest BCUT2D eigenvalue weighted by Crippen LogP contribution is -2.36. The number of methoxy groups -OCH3 is 2. The summed E-state index contributed by atoms with van der Waals surface area (Å²) < 4.78 is 9.96. The van der Waals surface area contributed by atoms with Crippen LogP contribution in [0.5, 0.6) is 0 Å². The van der Waals surface area contributed by atoms with E-state index in [0.29, 0.717) is 12.6 Å². The summed E-state index contributed by atoms with van der Waals surface area (Å²) in [5.41, 5.74) is 0.632. The highest BCUT2D eigenvalue weighted by Gasteiger charge is 2.23. The van der Waals surface area contributed by atoms with Gasteiger partial charge in [0, 0.05) is 32.8 Å². The van der Waals surface area contributed by atoms with Gasteiger partial charge in [0.05, 0.1) is 18.1 Å². The van der Waals surface area contributed by atoms with E-state index in [2.05, 4.69) is 9.64 Å². The van der Waals surface area contributed by atoms with Crippen molar-refractivity contribution in [3.63, 3.8) is 0 Å². The second-order valence-electron chi connectivity index (χ2n) is 5.31. The molecule has 0 N–H and O–H groups in total. The van der Waals surface area contributed by atoms with Gasteiger partial charge in [-0.25, -0.2) is 4.79 Å². The lowest BCUT2D eigenvalue weighted by Gasteiger charge is -2.31. The average molecular weight is 308 g/mol. The highest BCUT2D eigenvalue weighted by Crippen LogP contribution is 2.23. The first-order valence-electron chi connectivity index (χ1n) is 7.16. The molecular formula is C15H20N2O5. The summed E-state index contributed by atoms with van der Waals surface area (Å²) in [6, 6.07) is 4.60. The van der Waals surface area contributed by atoms with E-state index in [-0.39, 0.29) is 11.3 Å². The average Bonchev–Trinajstić information content (AvgIpc) is 2.54. The van der Waals surface area contributed by atoms with Crippen LogP contribution >= 0.6 is 0 Å². The summed E-state index contributed by atoms with van der Waals surface area (Å²) >= 11 is 0. The SMILES string of the molecule is COC(=O)c1cc(CN2CCC(OC)CC2)ccc1[N+](=O)[O-]. The fourth-order valence-electron chi connectivity index (χ4n) is 2.68. The number of likely N-dealkylation sites (tertiary alicyclic amines) is 1. The van der Waals surface area contributed by atoms with E-state index < -0.39 is 10.9 Å². The molecule has 0 aromatic heterocycles. The van der Waals surface area contributed by atoms with Crippen molar-refractivity contribution in [1.29, 1.82) is 0 Å². The predicted molar refractivity (Wildman–Crippen MR) is 79.7 cm³/mol. The fourth-order valence-corrected chi connectivity index (χ4v) is 2.68. The smallest absolute Gasteiger partial charge is 0.344 e. The third-order valence-corrected chi connectivity index (χ3v) is 3.94. The molecule has 0 atom stereocenters. The lowest BCUT2D eigenvalue weighted by molar-refractivity contribution is -0.385. The van der Waals surface area contributed by atoms with Crippen molar-refractivity contribution in [3.8, 4) is 0 Å². The van der Waals surface area contributed by atoms with Gasteiger partial charge in [-0.3, -0.25) is 15.0 Å². The molecule has 1 heterocycles. The summed E-state index contributed by atoms with van der Waals surface area (Å²) in [5, 5.41) is 11.0. The highest BCUT2D eigenvalue weighted by molar-refractivity contribution is 5.94. The van der Waals surface area contributed by atoms with Crippen molar-refractivity contribution in [2.75, 3.05) is 27.3 Å². The van der Waals surface area contributed by atoms with Gasteiger partial charge in [0.2, 0.25) is 0 Å². The minimum Gasteiger partial charge on any atom is -0.465 e. The molecule has 1 saturated heterocycles. The van der Waals surface area contributed by atoms with Crippen molar-refractivity contribution < 1.29 is 19.2 Å². The van der Waals surface area contributed by atoms with Gasteiger partial charge in [-0.05, 0) is 24.5 Å². The van der Waals surface area contributed by atoms with Crippen LogP contribution in [-0.4, -0.2) is 49.2 Å². The molecule has 0 aliphatic carbocycles. The van der Waals surface area contributed by atoms with Gasteiger partial charge >= 0.3 is 5.97 Å². The van der Waals surface area contributed by atoms with E-state index in [4.69, 9.17) is 4.74 Å². The van der Waals surface area contributed by atoms with Gasteiger partial charge in [-0.1, -0.05) is 6.07 Å². The van der Waals surface area contributed by atoms with E-state index in [1.165, 1.54) is 13.2 Å². The van der Waals surface area contributed by atoms with Crippen LogP contribution in [0.3, 0.4) is 0 Å². The number of hydrogen-bond donors (Lipinski definition) is 0. The molecular weight excluding hydrogens is 288 g/mol. The van der Waals surface area contributed by atoms with Gasteiger partial charge in [0.15, 0.2) is 0 Å². The van der Waals surface area contributed by atoms with Crippen LogP contribution in [0, 0.1) is 10.1 Å². The molecule has 120 valence electrons. The Labute approximate surface area is 129 Å². The van der Waals surface area contributed by atoms with Crippen LogP contribution in [-0.2, 0) is 16.0 Å². The first kappa shape index (κ1) is 16.4. The summed E-state index contributed by atoms with van der Waals surface area (Å²) in [5.74, 6) is -0.688. The third kappa shape index (κ3) is 3.80. The maximum absolute atomic E-state index is 11.7. The molecule has 22 heavy (non-hydrogen) atoms. The topological polar surface area (TPSA) is 81.9 Å². The van der Waals surface area contributed by atoms with Crippen LogP contribution in [0.4, 0.5) is 5.69 Å². The number of esters is 1. The summed E-state index contributed by atoms with van der Waals surface area (Å²) in [6.45, 7) is 2.46. The first-order chi connectivity index (χ1) is 10.5. The zero-order chi connectivity index (χ0) is 16.1. The highest BCUT2D eigenvalue weighted by atomic mass is 16.6. The third-order valence-electron chi connectivity index (χ3n) is 3.94. The number of carbonyl (C=O) groups excluding carboxylic acids is 1. The van der Waals surface area contributed by atoms with E-state index in [9.17, 15) is 14.9 Å². The Morgan fingerprint density at radius 2 is 2.05 bits per heavy atom. The minimum atomic E-state index is -0.688. The molecule has 1 aliphatic heterocycles. The van der Waals surface area contributed by atoms with Gasteiger partial charge in [-0.2, -0.15) is 0 Å². The predicted octanol–water partition coefficient (Wildman–Crippen LogP) is 1.99. The maximum atomic E-state index is 11.7. The number of ether oxygens (including phenoxy) is 2. The Kier molecular flexibility index (Phi) is 5.46.